The summed E-state index contributed by atoms with van der Waals surface area (Å²) in [6.45, 7) is 23.5. The Labute approximate surface area is 304 Å². The number of rotatable bonds is 22. The molecule has 3 amide bonds. The van der Waals surface area contributed by atoms with Crippen molar-refractivity contribution >= 4 is 26.9 Å². The first-order chi connectivity index (χ1) is 23.1. The van der Waals surface area contributed by atoms with E-state index in [1.54, 1.807) is 21.1 Å². The molecule has 0 aliphatic rings. The Hall–Kier alpha value is -2.83. The van der Waals surface area contributed by atoms with E-state index in [1.807, 2.05) is 39.9 Å². The molecule has 1 rings (SSSR count). The monoisotopic (exact) mass is 723 g/mol. The van der Waals surface area contributed by atoms with E-state index in [-0.39, 0.29) is 30.2 Å². The molecule has 0 spiro atoms. The van der Waals surface area contributed by atoms with Crippen molar-refractivity contribution in [1.82, 2.24) is 10.6 Å². The van der Waals surface area contributed by atoms with Crippen molar-refractivity contribution in [2.75, 3.05) is 34.0 Å². The minimum atomic E-state index is -1.83. The lowest BCUT2D eigenvalue weighted by molar-refractivity contribution is -0.141. The number of carbonyl (C=O) groups excluding carboxylic acids is 3. The van der Waals surface area contributed by atoms with Gasteiger partial charge in [0.1, 0.15) is 5.60 Å². The van der Waals surface area contributed by atoms with Gasteiger partial charge < -0.3 is 39.7 Å². The zero-order chi connectivity index (χ0) is 38.3. The molecule has 0 bridgehead atoms. The lowest BCUT2D eigenvalue weighted by atomic mass is 9.67. The second-order valence-corrected chi connectivity index (χ2v) is 18.5. The molecule has 0 aliphatic carbocycles. The van der Waals surface area contributed by atoms with Crippen LogP contribution < -0.4 is 25.8 Å². The Morgan fingerprint density at radius 3 is 2.10 bits per heavy atom. The van der Waals surface area contributed by atoms with Crippen molar-refractivity contribution in [2.24, 2.45) is 28.9 Å². The molecule has 0 saturated heterocycles. The molecule has 0 aliphatic heterocycles. The summed E-state index contributed by atoms with van der Waals surface area (Å²) in [4.78, 5) is 38.9. The third kappa shape index (κ3) is 16.0. The summed E-state index contributed by atoms with van der Waals surface area (Å²) in [5.74, 6) is 1.12. The van der Waals surface area contributed by atoms with E-state index in [1.165, 1.54) is 0 Å². The molecule has 288 valence electrons. The number of methoxy groups -OCH3 is 2. The SMILES string of the molecule is COCCCOc1cc(C[C@H](CC[C@H]([C@H](NC(=O)OC(C)(C)C)[C@@](C)(O[SiH](C)C)C(=O)NCCCC(N)=O)C(C)(C)C)C(C)C)ccc1OC. The summed E-state index contributed by atoms with van der Waals surface area (Å²) in [6.07, 6.45) is 3.13. The number of hydrogen-bond donors (Lipinski definition) is 3. The van der Waals surface area contributed by atoms with Gasteiger partial charge in [0.05, 0.1) is 19.8 Å². The van der Waals surface area contributed by atoms with E-state index in [0.29, 0.717) is 43.0 Å². The molecule has 12 heteroatoms. The molecule has 0 unspecified atom stereocenters. The number of nitrogens with two attached hydrogens (primary N) is 1. The van der Waals surface area contributed by atoms with Gasteiger partial charge in [0, 0.05) is 33.1 Å². The van der Waals surface area contributed by atoms with E-state index in [0.717, 1.165) is 31.2 Å². The first-order valence-electron chi connectivity index (χ1n) is 18.2. The van der Waals surface area contributed by atoms with Gasteiger partial charge in [0.15, 0.2) is 26.1 Å². The van der Waals surface area contributed by atoms with Gasteiger partial charge in [-0.15, -0.1) is 0 Å². The Morgan fingerprint density at radius 1 is 0.920 bits per heavy atom. The fourth-order valence-corrected chi connectivity index (χ4v) is 7.50. The zero-order valence-corrected chi connectivity index (χ0v) is 34.5. The van der Waals surface area contributed by atoms with Crippen LogP contribution in [0.3, 0.4) is 0 Å². The molecule has 4 atom stereocenters. The Morgan fingerprint density at radius 2 is 1.58 bits per heavy atom. The van der Waals surface area contributed by atoms with Crippen molar-refractivity contribution in [3.05, 3.63) is 23.8 Å². The number of nitrogens with one attached hydrogen (secondary N) is 2. The van der Waals surface area contributed by atoms with Crippen LogP contribution >= 0.6 is 0 Å². The van der Waals surface area contributed by atoms with Crippen LogP contribution in [0.1, 0.15) is 100.0 Å². The largest absolute Gasteiger partial charge is 0.493 e. The van der Waals surface area contributed by atoms with Crippen LogP contribution in [0.4, 0.5) is 4.79 Å². The van der Waals surface area contributed by atoms with E-state index < -0.39 is 38.3 Å². The van der Waals surface area contributed by atoms with Gasteiger partial charge in [-0.05, 0) is 107 Å². The predicted molar refractivity (Wildman–Crippen MR) is 202 cm³/mol. The normalized spacial score (nSPS) is 15.2. The van der Waals surface area contributed by atoms with Crippen molar-refractivity contribution in [3.63, 3.8) is 0 Å². The molecule has 0 heterocycles. The molecule has 0 saturated carbocycles. The number of ether oxygens (including phenoxy) is 4. The second kappa shape index (κ2) is 20.9. The summed E-state index contributed by atoms with van der Waals surface area (Å²) in [5.41, 5.74) is 4.01. The Bertz CT molecular complexity index is 1200. The van der Waals surface area contributed by atoms with Gasteiger partial charge in [-0.25, -0.2) is 4.79 Å². The molecule has 0 fully saturated rings. The van der Waals surface area contributed by atoms with Crippen LogP contribution in [-0.2, 0) is 29.9 Å². The third-order valence-electron chi connectivity index (χ3n) is 8.86. The van der Waals surface area contributed by atoms with E-state index in [9.17, 15) is 14.4 Å². The van der Waals surface area contributed by atoms with Gasteiger partial charge in [-0.1, -0.05) is 40.7 Å². The molecular weight excluding hydrogens is 655 g/mol. The maximum absolute atomic E-state index is 14.1. The predicted octanol–water partition coefficient (Wildman–Crippen LogP) is 6.40. The maximum atomic E-state index is 14.1. The molecule has 11 nitrogen and oxygen atoms in total. The number of benzene rings is 1. The topological polar surface area (TPSA) is 147 Å². The van der Waals surface area contributed by atoms with Gasteiger partial charge in [-0.3, -0.25) is 9.59 Å². The minimum Gasteiger partial charge on any atom is -0.493 e. The number of hydrogen-bond acceptors (Lipinski definition) is 8. The average molecular weight is 724 g/mol. The summed E-state index contributed by atoms with van der Waals surface area (Å²) in [5, 5.41) is 6.10. The zero-order valence-electron chi connectivity index (χ0n) is 33.3. The highest BCUT2D eigenvalue weighted by atomic mass is 28.3. The van der Waals surface area contributed by atoms with Crippen LogP contribution in [-0.4, -0.2) is 78.2 Å². The summed E-state index contributed by atoms with van der Waals surface area (Å²) >= 11 is 0. The molecule has 0 radical (unpaired) electrons. The van der Waals surface area contributed by atoms with Crippen molar-refractivity contribution in [2.45, 2.75) is 131 Å². The fourth-order valence-electron chi connectivity index (χ4n) is 6.27. The van der Waals surface area contributed by atoms with E-state index in [4.69, 9.17) is 29.1 Å². The first kappa shape index (κ1) is 45.2. The molecule has 1 aromatic rings. The lowest BCUT2D eigenvalue weighted by Gasteiger charge is -2.47. The molecule has 1 aromatic carbocycles. The minimum absolute atomic E-state index is 0.160. The highest BCUT2D eigenvalue weighted by Gasteiger charge is 2.50. The molecule has 4 N–H and O–H groups in total. The second-order valence-electron chi connectivity index (χ2n) is 16.2. The summed E-state index contributed by atoms with van der Waals surface area (Å²) in [7, 11) is 1.49. The van der Waals surface area contributed by atoms with Crippen molar-refractivity contribution < 1.29 is 37.8 Å². The molecule has 50 heavy (non-hydrogen) atoms. The van der Waals surface area contributed by atoms with E-state index >= 15 is 0 Å². The summed E-state index contributed by atoms with van der Waals surface area (Å²) < 4.78 is 29.2. The van der Waals surface area contributed by atoms with Crippen molar-refractivity contribution in [1.29, 1.82) is 0 Å². The standard InChI is InChI=1S/C38H69N3O8Si/c1-26(2)28(24-27-17-20-30(46-11)31(25-27)47-23-15-22-45-10)18-19-29(36(3,4)5)33(41-35(44)48-37(6,7)8)38(9,49-50(12)13)34(43)40-21-14-16-32(39)42/h17,20,25-26,28-29,33,50H,14-16,18-19,21-24H2,1-13H3,(H2,39,42)(H,40,43)(H,41,44)/t28-,29+,33-,38+/m0/s1. The smallest absolute Gasteiger partial charge is 0.407 e. The van der Waals surface area contributed by atoms with Gasteiger partial charge in [0.2, 0.25) is 5.91 Å². The third-order valence-corrected chi connectivity index (χ3v) is 9.83. The Kier molecular flexibility index (Phi) is 18.9. The highest BCUT2D eigenvalue weighted by molar-refractivity contribution is 6.48. The number of primary amides is 1. The van der Waals surface area contributed by atoms with E-state index in [2.05, 4.69) is 57.4 Å². The summed E-state index contributed by atoms with van der Waals surface area (Å²) in [6, 6.07) is 5.39. The maximum Gasteiger partial charge on any atom is 0.407 e. The number of alkyl carbamates (subject to hydrolysis) is 1. The lowest BCUT2D eigenvalue weighted by Crippen LogP contribution is -2.66. The van der Waals surface area contributed by atoms with Crippen LogP contribution in [0.25, 0.3) is 0 Å². The van der Waals surface area contributed by atoms with Gasteiger partial charge in [-0.2, -0.15) is 0 Å². The van der Waals surface area contributed by atoms with Crippen LogP contribution in [0.5, 0.6) is 11.5 Å². The van der Waals surface area contributed by atoms with Crippen LogP contribution in [0, 0.1) is 23.2 Å². The Balaban J connectivity index is 3.53. The highest BCUT2D eigenvalue weighted by Crippen LogP contribution is 2.41. The fraction of sp³-hybridized carbons (Fsp3) is 0.763. The van der Waals surface area contributed by atoms with Gasteiger partial charge >= 0.3 is 6.09 Å². The van der Waals surface area contributed by atoms with Crippen molar-refractivity contribution in [3.8, 4) is 11.5 Å². The average Bonchev–Trinajstić information content (AvgIpc) is 2.98. The molecular formula is C38H69N3O8Si. The quantitative estimate of drug-likeness (QED) is 0.0920. The van der Waals surface area contributed by atoms with Crippen LogP contribution in [0.2, 0.25) is 13.1 Å². The van der Waals surface area contributed by atoms with Gasteiger partial charge in [0.25, 0.3) is 5.91 Å². The van der Waals surface area contributed by atoms with Crippen LogP contribution in [0.15, 0.2) is 18.2 Å². The molecule has 0 aromatic heterocycles. The number of carbonyl (C=O) groups is 3. The first-order valence-corrected chi connectivity index (χ1v) is 20.9. The number of amides is 3.